The molecule has 122 valence electrons. The molecule has 0 aliphatic carbocycles. The molecule has 1 amide bonds. The predicted octanol–water partition coefficient (Wildman–Crippen LogP) is 1.19. The van der Waals surface area contributed by atoms with E-state index >= 15 is 0 Å². The second-order valence-electron chi connectivity index (χ2n) is 5.52. The molecule has 1 aliphatic rings. The summed E-state index contributed by atoms with van der Waals surface area (Å²) in [5, 5.41) is 11.7. The van der Waals surface area contributed by atoms with E-state index in [1.165, 1.54) is 0 Å². The third-order valence-corrected chi connectivity index (χ3v) is 4.81. The molecule has 23 heavy (non-hydrogen) atoms. The van der Waals surface area contributed by atoms with E-state index in [0.29, 0.717) is 18.5 Å². The summed E-state index contributed by atoms with van der Waals surface area (Å²) >= 11 is 1.79. The van der Waals surface area contributed by atoms with Crippen LogP contribution in [-0.2, 0) is 11.6 Å². The SMILES string of the molecule is NC(CCO)CNC(=O)c1cc(-c2cccnc2)n2c1CSC2. The average Bonchev–Trinajstić information content (AvgIpc) is 3.16. The molecule has 2 aromatic rings. The van der Waals surface area contributed by atoms with Gasteiger partial charge in [0.1, 0.15) is 0 Å². The van der Waals surface area contributed by atoms with Gasteiger partial charge in [-0.3, -0.25) is 9.78 Å². The quantitative estimate of drug-likeness (QED) is 0.739. The first-order chi connectivity index (χ1) is 11.2. The second-order valence-corrected chi connectivity index (χ2v) is 6.47. The summed E-state index contributed by atoms with van der Waals surface area (Å²) in [5.74, 6) is 1.56. The van der Waals surface area contributed by atoms with Gasteiger partial charge >= 0.3 is 0 Å². The molecule has 0 radical (unpaired) electrons. The monoisotopic (exact) mass is 332 g/mol. The third kappa shape index (κ3) is 3.41. The fraction of sp³-hybridized carbons (Fsp3) is 0.375. The topological polar surface area (TPSA) is 93.2 Å². The Bertz CT molecular complexity index is 687. The number of carbonyl (C=O) groups is 1. The van der Waals surface area contributed by atoms with Crippen LogP contribution in [0.4, 0.5) is 0 Å². The minimum atomic E-state index is -0.230. The van der Waals surface area contributed by atoms with Gasteiger partial charge in [0.25, 0.3) is 5.91 Å². The van der Waals surface area contributed by atoms with Gasteiger partial charge in [-0.15, -0.1) is 11.8 Å². The molecule has 4 N–H and O–H groups in total. The fourth-order valence-electron chi connectivity index (χ4n) is 2.66. The number of aromatic nitrogens is 2. The van der Waals surface area contributed by atoms with Crippen LogP contribution >= 0.6 is 11.8 Å². The molecule has 1 atom stereocenters. The summed E-state index contributed by atoms with van der Waals surface area (Å²) in [7, 11) is 0. The Labute approximate surface area is 139 Å². The standard InChI is InChI=1S/C16H20N4O2S/c17-12(3-5-21)8-19-16(22)13-6-14(11-2-1-4-18-7-11)20-10-23-9-15(13)20/h1-2,4,6-7,12,21H,3,5,8-10,17H2,(H,19,22). The van der Waals surface area contributed by atoms with Crippen molar-refractivity contribution in [3.8, 4) is 11.3 Å². The summed E-state index contributed by atoms with van der Waals surface area (Å²) in [6.07, 6.45) is 4.03. The first kappa shape index (κ1) is 16.0. The van der Waals surface area contributed by atoms with Crippen LogP contribution in [0.1, 0.15) is 22.5 Å². The first-order valence-corrected chi connectivity index (χ1v) is 8.71. The summed E-state index contributed by atoms with van der Waals surface area (Å²) < 4.78 is 2.17. The van der Waals surface area contributed by atoms with Crippen molar-refractivity contribution in [2.45, 2.75) is 24.1 Å². The predicted molar refractivity (Wildman–Crippen MR) is 91.0 cm³/mol. The van der Waals surface area contributed by atoms with Gasteiger partial charge in [0.2, 0.25) is 0 Å². The van der Waals surface area contributed by atoms with Gasteiger partial charge in [-0.25, -0.2) is 0 Å². The Hall–Kier alpha value is -1.83. The van der Waals surface area contributed by atoms with E-state index in [2.05, 4.69) is 14.9 Å². The molecule has 7 heteroatoms. The molecule has 0 saturated carbocycles. The molecule has 0 saturated heterocycles. The molecule has 0 aromatic carbocycles. The minimum absolute atomic E-state index is 0.0282. The number of hydrogen-bond acceptors (Lipinski definition) is 5. The summed E-state index contributed by atoms with van der Waals surface area (Å²) in [6.45, 7) is 0.389. The molecule has 1 unspecified atom stereocenters. The van der Waals surface area contributed by atoms with Crippen molar-refractivity contribution in [1.82, 2.24) is 14.9 Å². The Morgan fingerprint density at radius 2 is 2.43 bits per heavy atom. The van der Waals surface area contributed by atoms with Gasteiger partial charge < -0.3 is 20.7 Å². The first-order valence-electron chi connectivity index (χ1n) is 7.56. The number of carbonyl (C=O) groups excluding carboxylic acids is 1. The molecule has 6 nitrogen and oxygen atoms in total. The molecule has 3 heterocycles. The van der Waals surface area contributed by atoms with Crippen molar-refractivity contribution < 1.29 is 9.90 Å². The highest BCUT2D eigenvalue weighted by atomic mass is 32.2. The lowest BCUT2D eigenvalue weighted by Crippen LogP contribution is -2.37. The number of hydrogen-bond donors (Lipinski definition) is 3. The average molecular weight is 332 g/mol. The largest absolute Gasteiger partial charge is 0.396 e. The number of fused-ring (bicyclic) bond motifs is 1. The molecule has 0 bridgehead atoms. The van der Waals surface area contributed by atoms with Crippen molar-refractivity contribution in [3.05, 3.63) is 41.9 Å². The number of amides is 1. The number of nitrogens with two attached hydrogens (primary N) is 1. The number of nitrogens with zero attached hydrogens (tertiary/aromatic N) is 2. The number of rotatable bonds is 6. The molecule has 2 aromatic heterocycles. The highest BCUT2D eigenvalue weighted by Crippen LogP contribution is 2.34. The van der Waals surface area contributed by atoms with Crippen molar-refractivity contribution >= 4 is 17.7 Å². The fourth-order valence-corrected chi connectivity index (χ4v) is 3.74. The Kier molecular flexibility index (Phi) is 5.00. The van der Waals surface area contributed by atoms with E-state index in [1.807, 2.05) is 24.4 Å². The number of pyridine rings is 1. The smallest absolute Gasteiger partial charge is 0.253 e. The lowest BCUT2D eigenvalue weighted by molar-refractivity contribution is 0.0948. The van der Waals surface area contributed by atoms with E-state index in [0.717, 1.165) is 28.6 Å². The normalized spacial score (nSPS) is 14.5. The van der Waals surface area contributed by atoms with Gasteiger partial charge in [-0.05, 0) is 24.6 Å². The Balaban J connectivity index is 1.82. The van der Waals surface area contributed by atoms with Gasteiger partial charge in [0, 0.05) is 48.6 Å². The minimum Gasteiger partial charge on any atom is -0.396 e. The van der Waals surface area contributed by atoms with Gasteiger partial charge in [-0.1, -0.05) is 0 Å². The van der Waals surface area contributed by atoms with Crippen LogP contribution in [0.2, 0.25) is 0 Å². The molecular weight excluding hydrogens is 312 g/mol. The highest BCUT2D eigenvalue weighted by molar-refractivity contribution is 7.97. The summed E-state index contributed by atoms with van der Waals surface area (Å²) in [4.78, 5) is 16.7. The van der Waals surface area contributed by atoms with E-state index in [1.54, 1.807) is 18.0 Å². The number of aliphatic hydroxyl groups is 1. The Morgan fingerprint density at radius 1 is 1.57 bits per heavy atom. The van der Waals surface area contributed by atoms with Crippen LogP contribution in [0.15, 0.2) is 30.6 Å². The maximum atomic E-state index is 12.5. The maximum absolute atomic E-state index is 12.5. The van der Waals surface area contributed by atoms with Crippen molar-refractivity contribution in [1.29, 1.82) is 0 Å². The molecule has 0 fully saturated rings. The molecular formula is C16H20N4O2S. The summed E-state index contributed by atoms with van der Waals surface area (Å²) in [6, 6.07) is 5.59. The lowest BCUT2D eigenvalue weighted by Gasteiger charge is -2.11. The number of aliphatic hydroxyl groups excluding tert-OH is 1. The van der Waals surface area contributed by atoms with Crippen LogP contribution in [0.5, 0.6) is 0 Å². The van der Waals surface area contributed by atoms with Crippen LogP contribution in [-0.4, -0.2) is 39.8 Å². The zero-order valence-electron chi connectivity index (χ0n) is 12.7. The van der Waals surface area contributed by atoms with Crippen LogP contribution < -0.4 is 11.1 Å². The van der Waals surface area contributed by atoms with Crippen molar-refractivity contribution in [2.24, 2.45) is 5.73 Å². The van der Waals surface area contributed by atoms with E-state index in [-0.39, 0.29) is 18.6 Å². The summed E-state index contributed by atoms with van der Waals surface area (Å²) in [5.41, 5.74) is 9.59. The second kappa shape index (κ2) is 7.16. The van der Waals surface area contributed by atoms with Crippen LogP contribution in [0.25, 0.3) is 11.3 Å². The maximum Gasteiger partial charge on any atom is 0.253 e. The van der Waals surface area contributed by atoms with Crippen molar-refractivity contribution in [2.75, 3.05) is 13.2 Å². The van der Waals surface area contributed by atoms with Gasteiger partial charge in [0.15, 0.2) is 0 Å². The third-order valence-electron chi connectivity index (χ3n) is 3.89. The lowest BCUT2D eigenvalue weighted by atomic mass is 10.1. The van der Waals surface area contributed by atoms with Crippen molar-refractivity contribution in [3.63, 3.8) is 0 Å². The van der Waals surface area contributed by atoms with Crippen LogP contribution in [0, 0.1) is 0 Å². The number of nitrogens with one attached hydrogen (secondary N) is 1. The van der Waals surface area contributed by atoms with E-state index in [9.17, 15) is 4.79 Å². The highest BCUT2D eigenvalue weighted by Gasteiger charge is 2.24. The Morgan fingerprint density at radius 3 is 3.17 bits per heavy atom. The molecule has 1 aliphatic heterocycles. The zero-order valence-corrected chi connectivity index (χ0v) is 13.6. The van der Waals surface area contributed by atoms with Gasteiger partial charge in [-0.2, -0.15) is 0 Å². The molecule has 0 spiro atoms. The van der Waals surface area contributed by atoms with E-state index in [4.69, 9.17) is 10.8 Å². The van der Waals surface area contributed by atoms with Gasteiger partial charge in [0.05, 0.1) is 17.1 Å². The zero-order chi connectivity index (χ0) is 16.2. The number of thioether (sulfide) groups is 1. The van der Waals surface area contributed by atoms with E-state index < -0.39 is 0 Å². The van der Waals surface area contributed by atoms with Crippen LogP contribution in [0.3, 0.4) is 0 Å². The molecule has 3 rings (SSSR count).